The van der Waals surface area contributed by atoms with Crippen molar-refractivity contribution >= 4 is 28.2 Å². The lowest BCUT2D eigenvalue weighted by atomic mass is 9.91. The predicted molar refractivity (Wildman–Crippen MR) is 116 cm³/mol. The Morgan fingerprint density at radius 3 is 2.87 bits per heavy atom. The molecule has 3 heterocycles. The molecule has 1 fully saturated rings. The van der Waals surface area contributed by atoms with Crippen molar-refractivity contribution < 1.29 is 4.39 Å². The van der Waals surface area contributed by atoms with Gasteiger partial charge in [-0.1, -0.05) is 25.1 Å². The summed E-state index contributed by atoms with van der Waals surface area (Å²) in [5.41, 5.74) is 5.25. The van der Waals surface area contributed by atoms with E-state index < -0.39 is 0 Å². The fraction of sp³-hybridized carbons (Fsp3) is 0.375. The molecule has 4 aromatic rings. The molecule has 2 aromatic heterocycles. The fourth-order valence-corrected chi connectivity index (χ4v) is 4.81. The van der Waals surface area contributed by atoms with E-state index in [1.807, 2.05) is 6.07 Å². The molecule has 2 aliphatic rings. The number of halogens is 1. The highest BCUT2D eigenvalue weighted by atomic mass is 19.1. The molecule has 0 radical (unpaired) electrons. The van der Waals surface area contributed by atoms with E-state index in [0.29, 0.717) is 22.4 Å². The Hall–Kier alpha value is -3.02. The Kier molecular flexibility index (Phi) is 3.85. The van der Waals surface area contributed by atoms with Gasteiger partial charge in [0, 0.05) is 12.2 Å². The van der Waals surface area contributed by atoms with Crippen molar-refractivity contribution in [1.82, 2.24) is 19.6 Å². The minimum Gasteiger partial charge on any atom is -0.325 e. The van der Waals surface area contributed by atoms with Crippen LogP contribution in [0.5, 0.6) is 0 Å². The highest BCUT2D eigenvalue weighted by molar-refractivity contribution is 5.94. The van der Waals surface area contributed by atoms with Crippen LogP contribution < -0.4 is 4.90 Å². The van der Waals surface area contributed by atoms with Gasteiger partial charge in [-0.25, -0.2) is 4.39 Å². The largest absolute Gasteiger partial charge is 0.325 e. The van der Waals surface area contributed by atoms with Crippen molar-refractivity contribution in [3.8, 4) is 0 Å². The molecule has 0 saturated heterocycles. The van der Waals surface area contributed by atoms with Gasteiger partial charge in [0.15, 0.2) is 0 Å². The number of rotatable bonds is 4. The van der Waals surface area contributed by atoms with Crippen LogP contribution >= 0.6 is 0 Å². The summed E-state index contributed by atoms with van der Waals surface area (Å²) in [7, 11) is 0. The molecule has 1 aliphatic heterocycles. The lowest BCUT2D eigenvalue weighted by molar-refractivity contribution is 0.516. The Balaban J connectivity index is 1.50. The van der Waals surface area contributed by atoms with Crippen molar-refractivity contribution in [2.24, 2.45) is 5.41 Å². The maximum atomic E-state index is 15.0. The number of anilines is 2. The zero-order chi connectivity index (χ0) is 20.3. The highest BCUT2D eigenvalue weighted by Crippen LogP contribution is 2.49. The van der Waals surface area contributed by atoms with Gasteiger partial charge in [0.2, 0.25) is 0 Å². The monoisotopic (exact) mass is 401 g/mol. The first-order valence-electron chi connectivity index (χ1n) is 10.8. The van der Waals surface area contributed by atoms with Crippen LogP contribution in [0.3, 0.4) is 0 Å². The van der Waals surface area contributed by atoms with E-state index in [4.69, 9.17) is 4.98 Å². The van der Waals surface area contributed by atoms with Crippen molar-refractivity contribution in [3.63, 3.8) is 0 Å². The van der Waals surface area contributed by atoms with Gasteiger partial charge in [-0.3, -0.25) is 4.40 Å². The average Bonchev–Trinajstić information content (AvgIpc) is 3.30. The number of nitrogens with zero attached hydrogens (tertiary/aromatic N) is 5. The van der Waals surface area contributed by atoms with Crippen LogP contribution in [0.1, 0.15) is 43.7 Å². The Bertz CT molecular complexity index is 1270. The molecule has 30 heavy (non-hydrogen) atoms. The first-order valence-corrected chi connectivity index (χ1v) is 10.8. The molecule has 0 unspecified atom stereocenters. The minimum atomic E-state index is -0.268. The number of hydrogen-bond donors (Lipinski definition) is 0. The van der Waals surface area contributed by atoms with Crippen LogP contribution in [0.15, 0.2) is 42.7 Å². The molecule has 5 nitrogen and oxygen atoms in total. The van der Waals surface area contributed by atoms with Crippen LogP contribution in [-0.4, -0.2) is 26.1 Å². The van der Waals surface area contributed by atoms with Crippen LogP contribution in [0.2, 0.25) is 0 Å². The number of aryl methyl sites for hydroxylation is 1. The Labute approximate surface area is 174 Å². The van der Waals surface area contributed by atoms with Gasteiger partial charge in [0.05, 0.1) is 10.9 Å². The fourth-order valence-electron chi connectivity index (χ4n) is 4.81. The summed E-state index contributed by atoms with van der Waals surface area (Å²) in [6.45, 7) is 3.20. The molecule has 6 heteroatoms. The smallest absolute Gasteiger partial charge is 0.257 e. The second kappa shape index (κ2) is 6.49. The Morgan fingerprint density at radius 2 is 2.00 bits per heavy atom. The highest BCUT2D eigenvalue weighted by Gasteiger charge is 2.36. The third kappa shape index (κ3) is 2.77. The topological polar surface area (TPSA) is 46.3 Å². The van der Waals surface area contributed by atoms with Crippen molar-refractivity contribution in [2.75, 3.05) is 11.4 Å². The van der Waals surface area contributed by atoms with E-state index in [2.05, 4.69) is 40.2 Å². The SMILES string of the molecule is CC1(CCc2cccc3c2CCCN3c2nc3nncn3c3cccc(F)c23)CC1. The number of aromatic nitrogens is 4. The molecule has 2 aromatic carbocycles. The van der Waals surface area contributed by atoms with E-state index in [0.717, 1.165) is 37.0 Å². The maximum absolute atomic E-state index is 15.0. The van der Waals surface area contributed by atoms with E-state index in [1.165, 1.54) is 36.5 Å². The zero-order valence-electron chi connectivity index (χ0n) is 17.1. The minimum absolute atomic E-state index is 0.268. The zero-order valence-corrected chi connectivity index (χ0v) is 17.1. The van der Waals surface area contributed by atoms with Crippen LogP contribution in [-0.2, 0) is 12.8 Å². The molecule has 1 aliphatic carbocycles. The molecule has 6 rings (SSSR count). The Morgan fingerprint density at radius 1 is 1.13 bits per heavy atom. The molecular weight excluding hydrogens is 377 g/mol. The molecule has 1 saturated carbocycles. The lowest BCUT2D eigenvalue weighted by Gasteiger charge is -2.32. The maximum Gasteiger partial charge on any atom is 0.257 e. The molecule has 0 N–H and O–H groups in total. The van der Waals surface area contributed by atoms with Gasteiger partial charge < -0.3 is 4.90 Å². The second-order valence-corrected chi connectivity index (χ2v) is 9.05. The van der Waals surface area contributed by atoms with E-state index >= 15 is 4.39 Å². The van der Waals surface area contributed by atoms with Crippen LogP contribution in [0.25, 0.3) is 16.7 Å². The molecule has 0 bridgehead atoms. The standard InChI is InChI=1S/C24H24FN5/c1-24(12-13-24)11-10-16-5-2-8-19-17(16)6-4-14-29(19)22-21-18(25)7-3-9-20(21)30-15-26-28-23(30)27-22/h2-3,5,7-9,15H,4,6,10-14H2,1H3. The quantitative estimate of drug-likeness (QED) is 0.470. The van der Waals surface area contributed by atoms with Crippen molar-refractivity contribution in [3.05, 3.63) is 59.7 Å². The first-order chi connectivity index (χ1) is 14.6. The van der Waals surface area contributed by atoms with Crippen molar-refractivity contribution in [2.45, 2.75) is 45.4 Å². The first kappa shape index (κ1) is 17.8. The van der Waals surface area contributed by atoms with E-state index in [9.17, 15) is 0 Å². The second-order valence-electron chi connectivity index (χ2n) is 9.05. The predicted octanol–water partition coefficient (Wildman–Crippen LogP) is 5.23. The van der Waals surface area contributed by atoms with Gasteiger partial charge in [-0.15, -0.1) is 10.2 Å². The normalized spacial score (nSPS) is 17.5. The summed E-state index contributed by atoms with van der Waals surface area (Å²) in [4.78, 5) is 6.93. The molecule has 0 amide bonds. The number of benzene rings is 2. The van der Waals surface area contributed by atoms with Gasteiger partial charge in [0.25, 0.3) is 5.78 Å². The molecule has 152 valence electrons. The summed E-state index contributed by atoms with van der Waals surface area (Å²) in [5, 5.41) is 8.65. The summed E-state index contributed by atoms with van der Waals surface area (Å²) in [6.07, 6.45) is 8.73. The molecule has 0 atom stereocenters. The van der Waals surface area contributed by atoms with Gasteiger partial charge in [0.1, 0.15) is 18.0 Å². The number of hydrogen-bond acceptors (Lipinski definition) is 4. The average molecular weight is 401 g/mol. The summed E-state index contributed by atoms with van der Waals surface area (Å²) in [6, 6.07) is 11.7. The van der Waals surface area contributed by atoms with Crippen LogP contribution in [0, 0.1) is 11.2 Å². The summed E-state index contributed by atoms with van der Waals surface area (Å²) < 4.78 is 16.8. The van der Waals surface area contributed by atoms with E-state index in [-0.39, 0.29) is 5.82 Å². The molecular formula is C24H24FN5. The van der Waals surface area contributed by atoms with Gasteiger partial charge in [-0.05, 0) is 73.3 Å². The third-order valence-electron chi connectivity index (χ3n) is 6.92. The van der Waals surface area contributed by atoms with E-state index in [1.54, 1.807) is 16.8 Å². The van der Waals surface area contributed by atoms with Crippen molar-refractivity contribution in [1.29, 1.82) is 0 Å². The van der Waals surface area contributed by atoms with Gasteiger partial charge >= 0.3 is 0 Å². The summed E-state index contributed by atoms with van der Waals surface area (Å²) in [5.74, 6) is 0.861. The van der Waals surface area contributed by atoms with Gasteiger partial charge in [-0.2, -0.15) is 4.98 Å². The lowest BCUT2D eigenvalue weighted by Crippen LogP contribution is -2.27. The van der Waals surface area contributed by atoms with Crippen LogP contribution in [0.4, 0.5) is 15.9 Å². The summed E-state index contributed by atoms with van der Waals surface area (Å²) >= 11 is 0. The number of fused-ring (bicyclic) bond motifs is 4. The molecule has 0 spiro atoms. The third-order valence-corrected chi connectivity index (χ3v) is 6.92.